The van der Waals surface area contributed by atoms with Gasteiger partial charge < -0.3 is 10.6 Å². The number of nitrogens with one attached hydrogen (secondary N) is 2. The molecule has 0 radical (unpaired) electrons. The van der Waals surface area contributed by atoms with E-state index < -0.39 is 0 Å². The summed E-state index contributed by atoms with van der Waals surface area (Å²) in [4.78, 5) is 24.4. The predicted octanol–water partition coefficient (Wildman–Crippen LogP) is -0.277. The highest BCUT2D eigenvalue weighted by atomic mass is 16.2. The summed E-state index contributed by atoms with van der Waals surface area (Å²) in [6.07, 6.45) is 4.59. The molecule has 2 N–H and O–H groups in total. The van der Waals surface area contributed by atoms with Gasteiger partial charge in [-0.15, -0.1) is 0 Å². The number of rotatable bonds is 5. The second kappa shape index (κ2) is 6.48. The first-order valence-corrected chi connectivity index (χ1v) is 5.80. The monoisotopic (exact) mass is 227 g/mol. The van der Waals surface area contributed by atoms with Crippen LogP contribution in [0.2, 0.25) is 0 Å². The lowest BCUT2D eigenvalue weighted by atomic mass is 10.2. The number of carbonyl (C=O) groups excluding carboxylic acids is 2. The minimum atomic E-state index is -0.0730. The molecule has 5 heteroatoms. The van der Waals surface area contributed by atoms with Crippen LogP contribution in [-0.2, 0) is 9.59 Å². The second-order valence-corrected chi connectivity index (χ2v) is 4.39. The van der Waals surface area contributed by atoms with E-state index in [1.54, 1.807) is 19.0 Å². The molecule has 0 aromatic heterocycles. The van der Waals surface area contributed by atoms with Crippen LogP contribution in [0.15, 0.2) is 0 Å². The first-order chi connectivity index (χ1) is 7.61. The van der Waals surface area contributed by atoms with Crippen LogP contribution in [-0.4, -0.2) is 49.9 Å². The minimum Gasteiger partial charge on any atom is -0.358 e. The summed E-state index contributed by atoms with van der Waals surface area (Å²) in [6.45, 7) is 0.540. The highest BCUT2D eigenvalue weighted by Gasteiger charge is 2.18. The van der Waals surface area contributed by atoms with Crippen molar-refractivity contribution in [2.45, 2.75) is 31.7 Å². The highest BCUT2D eigenvalue weighted by molar-refractivity contribution is 5.81. The molecule has 0 saturated heterocycles. The van der Waals surface area contributed by atoms with Gasteiger partial charge in [0.05, 0.1) is 13.1 Å². The van der Waals surface area contributed by atoms with Crippen molar-refractivity contribution in [1.29, 1.82) is 0 Å². The molecule has 0 aliphatic heterocycles. The standard InChI is InChI=1S/C11H21N3O2/c1-12-10(15)7-14(2)8-11(16)13-9-5-3-4-6-9/h9H,3-8H2,1-2H3,(H,12,15)(H,13,16). The van der Waals surface area contributed by atoms with E-state index in [1.807, 2.05) is 0 Å². The zero-order chi connectivity index (χ0) is 12.0. The van der Waals surface area contributed by atoms with E-state index in [2.05, 4.69) is 10.6 Å². The smallest absolute Gasteiger partial charge is 0.234 e. The Morgan fingerprint density at radius 1 is 1.19 bits per heavy atom. The first kappa shape index (κ1) is 13.0. The summed E-state index contributed by atoms with van der Waals surface area (Å²) < 4.78 is 0. The van der Waals surface area contributed by atoms with Crippen molar-refractivity contribution in [3.8, 4) is 0 Å². The molecule has 2 amide bonds. The first-order valence-electron chi connectivity index (χ1n) is 5.80. The fraction of sp³-hybridized carbons (Fsp3) is 0.818. The number of hydrogen-bond donors (Lipinski definition) is 2. The quantitative estimate of drug-likeness (QED) is 0.679. The summed E-state index contributed by atoms with van der Waals surface area (Å²) >= 11 is 0. The highest BCUT2D eigenvalue weighted by Crippen LogP contribution is 2.17. The van der Waals surface area contributed by atoms with Crippen molar-refractivity contribution in [2.75, 3.05) is 27.2 Å². The Kier molecular flexibility index (Phi) is 5.25. The molecular formula is C11H21N3O2. The third kappa shape index (κ3) is 4.61. The topological polar surface area (TPSA) is 61.4 Å². The van der Waals surface area contributed by atoms with Gasteiger partial charge in [0.1, 0.15) is 0 Å². The molecule has 5 nitrogen and oxygen atoms in total. The van der Waals surface area contributed by atoms with Gasteiger partial charge >= 0.3 is 0 Å². The van der Waals surface area contributed by atoms with Gasteiger partial charge in [-0.05, 0) is 19.9 Å². The third-order valence-corrected chi connectivity index (χ3v) is 2.83. The average molecular weight is 227 g/mol. The average Bonchev–Trinajstić information content (AvgIpc) is 2.69. The van der Waals surface area contributed by atoms with E-state index >= 15 is 0 Å². The van der Waals surface area contributed by atoms with Gasteiger partial charge in [0.2, 0.25) is 11.8 Å². The van der Waals surface area contributed by atoms with Gasteiger partial charge in [0.25, 0.3) is 0 Å². The van der Waals surface area contributed by atoms with Crippen LogP contribution in [0.1, 0.15) is 25.7 Å². The molecule has 0 heterocycles. The summed E-state index contributed by atoms with van der Waals surface area (Å²) in [7, 11) is 3.36. The SMILES string of the molecule is CNC(=O)CN(C)CC(=O)NC1CCCC1. The number of hydrogen-bond acceptors (Lipinski definition) is 3. The molecule has 1 saturated carbocycles. The van der Waals surface area contributed by atoms with Crippen molar-refractivity contribution in [1.82, 2.24) is 15.5 Å². The molecule has 16 heavy (non-hydrogen) atoms. The molecule has 0 bridgehead atoms. The molecule has 0 unspecified atom stereocenters. The Morgan fingerprint density at radius 2 is 1.75 bits per heavy atom. The van der Waals surface area contributed by atoms with Crippen LogP contribution in [0.5, 0.6) is 0 Å². The number of likely N-dealkylation sites (N-methyl/N-ethyl adjacent to an activating group) is 2. The van der Waals surface area contributed by atoms with Gasteiger partial charge in [0, 0.05) is 13.1 Å². The Hall–Kier alpha value is -1.10. The van der Waals surface area contributed by atoms with Gasteiger partial charge in [-0.3, -0.25) is 14.5 Å². The van der Waals surface area contributed by atoms with Gasteiger partial charge in [-0.25, -0.2) is 0 Å². The van der Waals surface area contributed by atoms with Crippen molar-refractivity contribution in [3.05, 3.63) is 0 Å². The van der Waals surface area contributed by atoms with E-state index in [9.17, 15) is 9.59 Å². The lowest BCUT2D eigenvalue weighted by Crippen LogP contribution is -2.42. The largest absolute Gasteiger partial charge is 0.358 e. The Labute approximate surface area is 96.6 Å². The lowest BCUT2D eigenvalue weighted by molar-refractivity contribution is -0.124. The van der Waals surface area contributed by atoms with Gasteiger partial charge in [-0.2, -0.15) is 0 Å². The van der Waals surface area contributed by atoms with Crippen molar-refractivity contribution >= 4 is 11.8 Å². The van der Waals surface area contributed by atoms with Crippen LogP contribution >= 0.6 is 0 Å². The number of amides is 2. The number of carbonyl (C=O) groups is 2. The summed E-state index contributed by atoms with van der Waals surface area (Å²) in [5.74, 6) is -0.0607. The Morgan fingerprint density at radius 3 is 2.31 bits per heavy atom. The van der Waals surface area contributed by atoms with Crippen LogP contribution in [0, 0.1) is 0 Å². The van der Waals surface area contributed by atoms with E-state index in [1.165, 1.54) is 12.8 Å². The molecule has 92 valence electrons. The van der Waals surface area contributed by atoms with Crippen molar-refractivity contribution < 1.29 is 9.59 Å². The lowest BCUT2D eigenvalue weighted by Gasteiger charge is -2.17. The molecule has 1 aliphatic rings. The molecule has 1 aliphatic carbocycles. The van der Waals surface area contributed by atoms with E-state index in [4.69, 9.17) is 0 Å². The third-order valence-electron chi connectivity index (χ3n) is 2.83. The van der Waals surface area contributed by atoms with Crippen molar-refractivity contribution in [2.24, 2.45) is 0 Å². The summed E-state index contributed by atoms with van der Waals surface area (Å²) in [5, 5.41) is 5.52. The zero-order valence-electron chi connectivity index (χ0n) is 10.1. The van der Waals surface area contributed by atoms with E-state index in [-0.39, 0.29) is 24.9 Å². The molecule has 1 fully saturated rings. The van der Waals surface area contributed by atoms with Crippen LogP contribution in [0.25, 0.3) is 0 Å². The van der Waals surface area contributed by atoms with Crippen molar-refractivity contribution in [3.63, 3.8) is 0 Å². The molecule has 0 atom stereocenters. The number of nitrogens with zero attached hydrogens (tertiary/aromatic N) is 1. The zero-order valence-corrected chi connectivity index (χ0v) is 10.1. The van der Waals surface area contributed by atoms with E-state index in [0.29, 0.717) is 6.04 Å². The minimum absolute atomic E-state index is 0.0123. The fourth-order valence-electron chi connectivity index (χ4n) is 1.97. The molecular weight excluding hydrogens is 206 g/mol. The molecule has 0 aromatic rings. The molecule has 1 rings (SSSR count). The van der Waals surface area contributed by atoms with Crippen LogP contribution in [0.3, 0.4) is 0 Å². The Balaban J connectivity index is 2.19. The normalized spacial score (nSPS) is 16.4. The maximum Gasteiger partial charge on any atom is 0.234 e. The second-order valence-electron chi connectivity index (χ2n) is 4.39. The fourth-order valence-corrected chi connectivity index (χ4v) is 1.97. The molecule has 0 aromatic carbocycles. The maximum absolute atomic E-state index is 11.6. The van der Waals surface area contributed by atoms with Gasteiger partial charge in [0.15, 0.2) is 0 Å². The molecule has 0 spiro atoms. The summed E-state index contributed by atoms with van der Waals surface area (Å²) in [6, 6.07) is 0.348. The van der Waals surface area contributed by atoms with Crippen LogP contribution in [0.4, 0.5) is 0 Å². The van der Waals surface area contributed by atoms with E-state index in [0.717, 1.165) is 12.8 Å². The maximum atomic E-state index is 11.6. The predicted molar refractivity (Wildman–Crippen MR) is 62.0 cm³/mol. The van der Waals surface area contributed by atoms with Gasteiger partial charge in [-0.1, -0.05) is 12.8 Å². The summed E-state index contributed by atoms with van der Waals surface area (Å²) in [5.41, 5.74) is 0. The van der Waals surface area contributed by atoms with Crippen LogP contribution < -0.4 is 10.6 Å². The Bertz CT molecular complexity index is 250.